The first-order valence-corrected chi connectivity index (χ1v) is 6.01. The van der Waals surface area contributed by atoms with E-state index in [1.165, 1.54) is 4.21 Å². The number of aromatic nitrogens is 1. The van der Waals surface area contributed by atoms with Crippen LogP contribution in [0.25, 0.3) is 0 Å². The van der Waals surface area contributed by atoms with Gasteiger partial charge in [0.1, 0.15) is 4.21 Å². The van der Waals surface area contributed by atoms with Crippen LogP contribution in [0.5, 0.6) is 0 Å². The zero-order chi connectivity index (χ0) is 8.97. The number of anilines is 1. The van der Waals surface area contributed by atoms with E-state index >= 15 is 0 Å². The Morgan fingerprint density at radius 1 is 1.67 bits per heavy atom. The Labute approximate surface area is 88.7 Å². The van der Waals surface area contributed by atoms with E-state index in [1.54, 1.807) is 23.1 Å². The normalized spacial score (nSPS) is 10.7. The Balaban J connectivity index is 2.63. The fourth-order valence-corrected chi connectivity index (χ4v) is 2.89. The molecule has 12 heavy (non-hydrogen) atoms. The van der Waals surface area contributed by atoms with Gasteiger partial charge >= 0.3 is 0 Å². The molecule has 1 heterocycles. The lowest BCUT2D eigenvalue weighted by Crippen LogP contribution is -2.08. The van der Waals surface area contributed by atoms with Crippen molar-refractivity contribution in [1.82, 2.24) is 9.44 Å². The lowest BCUT2D eigenvalue weighted by molar-refractivity contribution is 1.11. The van der Waals surface area contributed by atoms with Crippen molar-refractivity contribution in [3.8, 4) is 0 Å². The molecule has 0 saturated carbocycles. The smallest absolute Gasteiger partial charge is 0.165 e. The van der Waals surface area contributed by atoms with Crippen LogP contribution in [0.4, 0.5) is 5.82 Å². The molecule has 0 aliphatic rings. The monoisotopic (exact) mass is 267 g/mol. The van der Waals surface area contributed by atoms with Gasteiger partial charge in [-0.2, -0.15) is 4.45 Å². The summed E-state index contributed by atoms with van der Waals surface area (Å²) in [6.07, 6.45) is 0. The molecule has 0 bridgehead atoms. The first-order valence-electron chi connectivity index (χ1n) is 3.46. The van der Waals surface area contributed by atoms with Crippen LogP contribution in [0.15, 0.2) is 9.72 Å². The minimum absolute atomic E-state index is 0.585. The molecule has 1 aromatic heterocycles. The maximum absolute atomic E-state index is 4.15. The van der Waals surface area contributed by atoms with Crippen LogP contribution in [0.2, 0.25) is 0 Å². The van der Waals surface area contributed by atoms with E-state index in [9.17, 15) is 0 Å². The first kappa shape index (κ1) is 10.3. The van der Waals surface area contributed by atoms with Crippen LogP contribution >= 0.6 is 39.2 Å². The zero-order valence-corrected chi connectivity index (χ0v) is 10.0. The van der Waals surface area contributed by atoms with E-state index in [0.717, 1.165) is 5.82 Å². The van der Waals surface area contributed by atoms with Crippen LogP contribution in [-0.2, 0) is 0 Å². The number of hydrogen-bond acceptors (Lipinski definition) is 5. The van der Waals surface area contributed by atoms with Gasteiger partial charge in [-0.15, -0.1) is 23.1 Å². The molecule has 1 aromatic rings. The summed E-state index contributed by atoms with van der Waals surface area (Å²) in [5, 5.41) is 0.585. The van der Waals surface area contributed by atoms with Crippen molar-refractivity contribution in [2.45, 2.75) is 23.3 Å². The van der Waals surface area contributed by atoms with E-state index in [0.29, 0.717) is 5.25 Å². The highest BCUT2D eigenvalue weighted by atomic mass is 79.9. The van der Waals surface area contributed by atoms with Crippen LogP contribution in [-0.4, -0.2) is 10.2 Å². The maximum Gasteiger partial charge on any atom is 0.165 e. The lowest BCUT2D eigenvalue weighted by atomic mass is 10.6. The van der Waals surface area contributed by atoms with Gasteiger partial charge in [0.25, 0.3) is 0 Å². The van der Waals surface area contributed by atoms with Gasteiger partial charge in [0, 0.05) is 21.4 Å². The third kappa shape index (κ3) is 2.93. The average Bonchev–Trinajstić information content (AvgIpc) is 2.37. The number of halogens is 1. The van der Waals surface area contributed by atoms with Crippen LogP contribution in [0.1, 0.15) is 13.8 Å². The molecule has 0 atom stereocenters. The number of nitrogens with zero attached hydrogens (tertiary/aromatic N) is 1. The Bertz CT molecular complexity index is 238. The summed E-state index contributed by atoms with van der Waals surface area (Å²) < 4.78 is 3.88. The summed E-state index contributed by atoms with van der Waals surface area (Å²) >= 11 is 6.52. The van der Waals surface area contributed by atoms with Crippen molar-refractivity contribution in [1.29, 1.82) is 0 Å². The topological polar surface area (TPSA) is 37.0 Å². The number of hydrogen-bond donors (Lipinski definition) is 2. The molecule has 0 saturated heterocycles. The van der Waals surface area contributed by atoms with Crippen molar-refractivity contribution < 1.29 is 0 Å². The number of rotatable bonds is 4. The van der Waals surface area contributed by atoms with Crippen LogP contribution in [0, 0.1) is 0 Å². The predicted molar refractivity (Wildman–Crippen MR) is 58.8 cm³/mol. The minimum Gasteiger partial charge on any atom is -0.294 e. The molecule has 0 aromatic carbocycles. The standard InChI is InChI=1S/C6H10BrN3S2/c1-4(2)12-6-5(9-10-7)8-3-11-6/h3-4,9-10H,1-2H3. The van der Waals surface area contributed by atoms with Gasteiger partial charge in [-0.1, -0.05) is 13.8 Å². The minimum atomic E-state index is 0.585. The summed E-state index contributed by atoms with van der Waals surface area (Å²) in [4.78, 5) is 4.15. The quantitative estimate of drug-likeness (QED) is 0.500. The van der Waals surface area contributed by atoms with E-state index in [2.05, 4.69) is 44.9 Å². The van der Waals surface area contributed by atoms with Crippen LogP contribution < -0.4 is 9.88 Å². The molecule has 0 fully saturated rings. The number of hydrazine groups is 1. The second kappa shape index (κ2) is 5.06. The van der Waals surface area contributed by atoms with E-state index < -0.39 is 0 Å². The van der Waals surface area contributed by atoms with Gasteiger partial charge in [-0.3, -0.25) is 5.43 Å². The predicted octanol–water partition coefficient (Wildman–Crippen LogP) is 2.87. The molecule has 0 radical (unpaired) electrons. The Morgan fingerprint density at radius 3 is 3.00 bits per heavy atom. The second-order valence-electron chi connectivity index (χ2n) is 2.37. The van der Waals surface area contributed by atoms with Crippen LogP contribution in [0.3, 0.4) is 0 Å². The van der Waals surface area contributed by atoms with Crippen molar-refractivity contribution in [2.24, 2.45) is 0 Å². The molecule has 68 valence electrons. The van der Waals surface area contributed by atoms with Crippen molar-refractivity contribution in [3.63, 3.8) is 0 Å². The third-order valence-corrected chi connectivity index (χ3v) is 3.32. The van der Waals surface area contributed by atoms with Crippen molar-refractivity contribution in [2.75, 3.05) is 5.43 Å². The SMILES string of the molecule is CC(C)Sc1scnc1NNBr. The van der Waals surface area contributed by atoms with Gasteiger partial charge in [-0.25, -0.2) is 4.98 Å². The second-order valence-corrected chi connectivity index (χ2v) is 5.47. The summed E-state index contributed by atoms with van der Waals surface area (Å²) in [5.41, 5.74) is 4.74. The van der Waals surface area contributed by atoms with Gasteiger partial charge in [0.15, 0.2) is 5.82 Å². The third-order valence-electron chi connectivity index (χ3n) is 1.04. The maximum atomic E-state index is 4.15. The lowest BCUT2D eigenvalue weighted by Gasteiger charge is -2.04. The molecule has 0 aliphatic carbocycles. The molecule has 0 amide bonds. The number of thioether (sulfide) groups is 1. The molecular weight excluding hydrogens is 258 g/mol. The van der Waals surface area contributed by atoms with Gasteiger partial charge in [0.2, 0.25) is 0 Å². The first-order chi connectivity index (χ1) is 5.74. The van der Waals surface area contributed by atoms with E-state index in [1.807, 2.05) is 5.51 Å². The molecular formula is C6H10BrN3S2. The van der Waals surface area contributed by atoms with E-state index in [4.69, 9.17) is 0 Å². The van der Waals surface area contributed by atoms with Gasteiger partial charge in [-0.05, 0) is 0 Å². The van der Waals surface area contributed by atoms with Gasteiger partial charge < -0.3 is 0 Å². The summed E-state index contributed by atoms with van der Waals surface area (Å²) in [6, 6.07) is 0. The van der Waals surface area contributed by atoms with Crippen molar-refractivity contribution in [3.05, 3.63) is 5.51 Å². The Kier molecular flexibility index (Phi) is 4.34. The summed E-state index contributed by atoms with van der Waals surface area (Å²) in [5.74, 6) is 0.885. The molecule has 2 N–H and O–H groups in total. The number of nitrogens with one attached hydrogen (secondary N) is 2. The van der Waals surface area contributed by atoms with Crippen molar-refractivity contribution >= 4 is 45.1 Å². The highest BCUT2D eigenvalue weighted by Gasteiger charge is 2.07. The summed E-state index contributed by atoms with van der Waals surface area (Å²) in [7, 11) is 0. The Morgan fingerprint density at radius 2 is 2.42 bits per heavy atom. The fourth-order valence-electron chi connectivity index (χ4n) is 0.661. The summed E-state index contributed by atoms with van der Waals surface area (Å²) in [6.45, 7) is 4.32. The molecule has 0 aliphatic heterocycles. The molecule has 0 spiro atoms. The highest BCUT2D eigenvalue weighted by Crippen LogP contribution is 2.32. The van der Waals surface area contributed by atoms with E-state index in [-0.39, 0.29) is 0 Å². The fraction of sp³-hybridized carbons (Fsp3) is 0.500. The molecule has 1 rings (SSSR count). The zero-order valence-electron chi connectivity index (χ0n) is 6.80. The largest absolute Gasteiger partial charge is 0.294 e. The Hall–Kier alpha value is 0.220. The average molecular weight is 268 g/mol. The number of thiazole rings is 1. The highest BCUT2D eigenvalue weighted by molar-refractivity contribution is 9.08. The van der Waals surface area contributed by atoms with Gasteiger partial charge in [0.05, 0.1) is 5.51 Å². The molecule has 0 unspecified atom stereocenters. The molecule has 6 heteroatoms. The molecule has 3 nitrogen and oxygen atoms in total.